The third-order valence-electron chi connectivity index (χ3n) is 1.31. The highest BCUT2D eigenvalue weighted by Gasteiger charge is 2.15. The highest BCUT2D eigenvalue weighted by molar-refractivity contribution is 7.12. The van der Waals surface area contributed by atoms with Crippen molar-refractivity contribution in [1.29, 1.82) is 0 Å². The van der Waals surface area contributed by atoms with Gasteiger partial charge in [0, 0.05) is 11.1 Å². The fourth-order valence-corrected chi connectivity index (χ4v) is 1.40. The monoisotopic (exact) mass is 169 g/mol. The molecule has 1 radical (unpaired) electrons. The maximum absolute atomic E-state index is 10.7. The molecule has 0 aliphatic carbocycles. The number of aryl methyl sites for hydroxylation is 1. The standard InChI is InChI=1S/C7H9N2OS/c1-4-3-9-7(11-4)5(2)6(8)10/h3H,1-2H3,(H2,8,10). The molecule has 0 spiro atoms. The molecule has 1 rings (SSSR count). The minimum atomic E-state index is -0.403. The lowest BCUT2D eigenvalue weighted by atomic mass is 10.2. The number of nitrogens with zero attached hydrogens (tertiary/aromatic N) is 1. The first-order valence-corrected chi connectivity index (χ1v) is 3.99. The summed E-state index contributed by atoms with van der Waals surface area (Å²) in [6.07, 6.45) is 1.73. The van der Waals surface area contributed by atoms with Gasteiger partial charge in [-0.15, -0.1) is 11.3 Å². The van der Waals surface area contributed by atoms with Gasteiger partial charge in [-0.25, -0.2) is 4.98 Å². The van der Waals surface area contributed by atoms with Crippen molar-refractivity contribution < 1.29 is 4.79 Å². The van der Waals surface area contributed by atoms with Crippen molar-refractivity contribution in [3.63, 3.8) is 0 Å². The number of hydrogen-bond acceptors (Lipinski definition) is 3. The summed E-state index contributed by atoms with van der Waals surface area (Å²) in [5, 5.41) is 0.718. The first-order valence-electron chi connectivity index (χ1n) is 3.17. The summed E-state index contributed by atoms with van der Waals surface area (Å²) in [5.41, 5.74) is 5.07. The third-order valence-corrected chi connectivity index (χ3v) is 2.34. The summed E-state index contributed by atoms with van der Waals surface area (Å²) in [7, 11) is 0. The normalized spacial score (nSPS) is 10.5. The van der Waals surface area contributed by atoms with Gasteiger partial charge >= 0.3 is 0 Å². The maximum atomic E-state index is 10.7. The molecule has 0 saturated heterocycles. The second kappa shape index (κ2) is 3.00. The van der Waals surface area contributed by atoms with Gasteiger partial charge in [0.15, 0.2) is 0 Å². The molecule has 1 heterocycles. The van der Waals surface area contributed by atoms with E-state index in [-0.39, 0.29) is 0 Å². The highest BCUT2D eigenvalue weighted by atomic mass is 32.1. The molecule has 0 unspecified atom stereocenters. The van der Waals surface area contributed by atoms with Crippen LogP contribution in [0.1, 0.15) is 16.8 Å². The van der Waals surface area contributed by atoms with Crippen molar-refractivity contribution in [1.82, 2.24) is 4.98 Å². The zero-order chi connectivity index (χ0) is 8.43. The molecule has 2 N–H and O–H groups in total. The van der Waals surface area contributed by atoms with Gasteiger partial charge < -0.3 is 5.73 Å². The van der Waals surface area contributed by atoms with E-state index in [1.54, 1.807) is 13.1 Å². The Kier molecular flexibility index (Phi) is 2.24. The molecule has 0 fully saturated rings. The molecule has 59 valence electrons. The molecule has 0 atom stereocenters. The Morgan fingerprint density at radius 2 is 2.36 bits per heavy atom. The Bertz CT molecular complexity index is 269. The molecule has 0 bridgehead atoms. The summed E-state index contributed by atoms with van der Waals surface area (Å²) >= 11 is 1.48. The lowest BCUT2D eigenvalue weighted by Gasteiger charge is -1.98. The van der Waals surface area contributed by atoms with E-state index in [1.807, 2.05) is 6.92 Å². The van der Waals surface area contributed by atoms with E-state index in [2.05, 4.69) is 4.98 Å². The van der Waals surface area contributed by atoms with Crippen molar-refractivity contribution in [2.45, 2.75) is 13.8 Å². The average Bonchev–Trinajstić information content (AvgIpc) is 2.34. The van der Waals surface area contributed by atoms with Crippen LogP contribution in [0, 0.1) is 12.8 Å². The molecule has 0 aromatic carbocycles. The second-order valence-corrected chi connectivity index (χ2v) is 3.50. The minimum Gasteiger partial charge on any atom is -0.369 e. The summed E-state index contributed by atoms with van der Waals surface area (Å²) in [6, 6.07) is 0. The Labute approximate surface area is 69.3 Å². The number of nitrogens with two attached hydrogens (primary N) is 1. The van der Waals surface area contributed by atoms with E-state index in [9.17, 15) is 4.79 Å². The van der Waals surface area contributed by atoms with Gasteiger partial charge in [-0.3, -0.25) is 4.79 Å². The maximum Gasteiger partial charge on any atom is 0.231 e. The SMILES string of the molecule is C[C](C(N)=O)c1ncc(C)s1. The largest absolute Gasteiger partial charge is 0.369 e. The molecule has 0 aliphatic heterocycles. The summed E-state index contributed by atoms with van der Waals surface area (Å²) in [4.78, 5) is 15.8. The van der Waals surface area contributed by atoms with E-state index in [0.717, 1.165) is 9.88 Å². The second-order valence-electron chi connectivity index (χ2n) is 2.27. The fourth-order valence-electron chi connectivity index (χ4n) is 0.633. The number of thiazole rings is 1. The minimum absolute atomic E-state index is 0.403. The molecular weight excluding hydrogens is 160 g/mol. The van der Waals surface area contributed by atoms with Crippen LogP contribution < -0.4 is 5.73 Å². The van der Waals surface area contributed by atoms with Crippen molar-refractivity contribution >= 4 is 17.2 Å². The highest BCUT2D eigenvalue weighted by Crippen LogP contribution is 2.19. The molecule has 1 aromatic heterocycles. The van der Waals surface area contributed by atoms with Crippen molar-refractivity contribution in [3.05, 3.63) is 22.0 Å². The molecule has 3 nitrogen and oxygen atoms in total. The van der Waals surface area contributed by atoms with Gasteiger partial charge in [0.25, 0.3) is 0 Å². The van der Waals surface area contributed by atoms with Crippen LogP contribution in [0.5, 0.6) is 0 Å². The van der Waals surface area contributed by atoms with Crippen LogP contribution in [0.2, 0.25) is 0 Å². The van der Waals surface area contributed by atoms with Gasteiger partial charge in [-0.2, -0.15) is 0 Å². The number of primary amides is 1. The van der Waals surface area contributed by atoms with Crippen LogP contribution in [0.25, 0.3) is 0 Å². The predicted molar refractivity (Wildman–Crippen MR) is 44.1 cm³/mol. The smallest absolute Gasteiger partial charge is 0.231 e. The third kappa shape index (κ3) is 1.77. The van der Waals surface area contributed by atoms with E-state index >= 15 is 0 Å². The zero-order valence-corrected chi connectivity index (χ0v) is 7.23. The lowest BCUT2D eigenvalue weighted by Crippen LogP contribution is -2.19. The van der Waals surface area contributed by atoms with Crippen molar-refractivity contribution in [2.24, 2.45) is 5.73 Å². The topological polar surface area (TPSA) is 56.0 Å². The van der Waals surface area contributed by atoms with Crippen LogP contribution >= 0.6 is 11.3 Å². The molecule has 0 saturated carbocycles. The molecule has 0 aliphatic rings. The number of carbonyl (C=O) groups excluding carboxylic acids is 1. The van der Waals surface area contributed by atoms with E-state index in [0.29, 0.717) is 5.92 Å². The molecule has 1 aromatic rings. The summed E-state index contributed by atoms with van der Waals surface area (Å²) < 4.78 is 0. The van der Waals surface area contributed by atoms with Crippen molar-refractivity contribution in [2.75, 3.05) is 0 Å². The number of carbonyl (C=O) groups is 1. The quantitative estimate of drug-likeness (QED) is 0.714. The van der Waals surface area contributed by atoms with Gasteiger partial charge in [-0.05, 0) is 13.8 Å². The zero-order valence-electron chi connectivity index (χ0n) is 6.42. The lowest BCUT2D eigenvalue weighted by molar-refractivity contribution is -0.115. The Balaban J connectivity index is 2.84. The van der Waals surface area contributed by atoms with Gasteiger partial charge in [0.05, 0.1) is 0 Å². The number of aromatic nitrogens is 1. The van der Waals surface area contributed by atoms with E-state index < -0.39 is 5.91 Å². The molecular formula is C7H9N2OS. The number of hydrogen-bond donors (Lipinski definition) is 1. The predicted octanol–water partition coefficient (Wildman–Crippen LogP) is 0.879. The van der Waals surface area contributed by atoms with Crippen LogP contribution in [0.15, 0.2) is 6.20 Å². The number of rotatable bonds is 2. The van der Waals surface area contributed by atoms with Crippen molar-refractivity contribution in [3.8, 4) is 0 Å². The number of amides is 1. The van der Waals surface area contributed by atoms with E-state index in [4.69, 9.17) is 5.73 Å². The van der Waals surface area contributed by atoms with Crippen LogP contribution in [0.3, 0.4) is 0 Å². The molecule has 4 heteroatoms. The Hall–Kier alpha value is -0.900. The van der Waals surface area contributed by atoms with Crippen LogP contribution in [-0.4, -0.2) is 10.9 Å². The molecule has 11 heavy (non-hydrogen) atoms. The first-order chi connectivity index (χ1) is 5.11. The van der Waals surface area contributed by atoms with Crippen LogP contribution in [-0.2, 0) is 4.79 Å². The fraction of sp³-hybridized carbons (Fsp3) is 0.286. The van der Waals surface area contributed by atoms with Gasteiger partial charge in [0.1, 0.15) is 10.9 Å². The Morgan fingerprint density at radius 3 is 2.73 bits per heavy atom. The Morgan fingerprint density at radius 1 is 1.73 bits per heavy atom. The first kappa shape index (κ1) is 8.20. The summed E-state index contributed by atoms with van der Waals surface area (Å²) in [6.45, 7) is 3.62. The van der Waals surface area contributed by atoms with Gasteiger partial charge in [-0.1, -0.05) is 0 Å². The van der Waals surface area contributed by atoms with E-state index in [1.165, 1.54) is 11.3 Å². The average molecular weight is 169 g/mol. The molecule has 1 amide bonds. The van der Waals surface area contributed by atoms with Gasteiger partial charge in [0.2, 0.25) is 5.91 Å². The summed E-state index contributed by atoms with van der Waals surface area (Å²) in [5.74, 6) is 0.127. The van der Waals surface area contributed by atoms with Crippen LogP contribution in [0.4, 0.5) is 0 Å².